The minimum atomic E-state index is -0.312. The first-order valence-corrected chi connectivity index (χ1v) is 6.68. The molecule has 1 unspecified atom stereocenters. The first-order valence-electron chi connectivity index (χ1n) is 6.68. The van der Waals surface area contributed by atoms with Gasteiger partial charge in [0.25, 0.3) is 0 Å². The van der Waals surface area contributed by atoms with E-state index in [1.54, 1.807) is 0 Å². The van der Waals surface area contributed by atoms with Crippen LogP contribution in [0.2, 0.25) is 0 Å². The first-order chi connectivity index (χ1) is 8.75. The molecular weight excluding hydrogens is 242 g/mol. The zero-order valence-corrected chi connectivity index (χ0v) is 12.8. The van der Waals surface area contributed by atoms with E-state index in [-0.39, 0.29) is 17.4 Å². The van der Waals surface area contributed by atoms with Gasteiger partial charge < -0.3 is 10.1 Å². The Bertz CT molecular complexity index is 432. The second-order valence-electron chi connectivity index (χ2n) is 5.78. The van der Waals surface area contributed by atoms with Gasteiger partial charge in [-0.15, -0.1) is 0 Å². The van der Waals surface area contributed by atoms with Crippen LogP contribution in [0.4, 0.5) is 0 Å². The molecule has 0 bridgehead atoms. The monoisotopic (exact) mass is 267 g/mol. The lowest BCUT2D eigenvalue weighted by Gasteiger charge is -2.18. The molecule has 5 nitrogen and oxygen atoms in total. The molecule has 1 N–H and O–H groups in total. The van der Waals surface area contributed by atoms with Crippen molar-refractivity contribution in [3.8, 4) is 0 Å². The van der Waals surface area contributed by atoms with Gasteiger partial charge in [-0.1, -0.05) is 20.8 Å². The zero-order chi connectivity index (χ0) is 14.6. The molecule has 1 aromatic rings. The van der Waals surface area contributed by atoms with Crippen molar-refractivity contribution in [2.24, 2.45) is 7.05 Å². The highest BCUT2D eigenvalue weighted by Gasteiger charge is 2.22. The molecule has 1 aromatic heterocycles. The van der Waals surface area contributed by atoms with Crippen LogP contribution in [0.25, 0.3) is 0 Å². The van der Waals surface area contributed by atoms with Gasteiger partial charge in [-0.3, -0.25) is 9.48 Å². The molecule has 5 heteroatoms. The average molecular weight is 267 g/mol. The number of hydrogen-bond acceptors (Lipinski definition) is 4. The van der Waals surface area contributed by atoms with Gasteiger partial charge in [0, 0.05) is 30.8 Å². The second-order valence-corrected chi connectivity index (χ2v) is 5.78. The number of carbonyl (C=O) groups excluding carboxylic acids is 1. The number of hydrogen-bond donors (Lipinski definition) is 1. The predicted molar refractivity (Wildman–Crippen MR) is 74.8 cm³/mol. The van der Waals surface area contributed by atoms with Gasteiger partial charge in [0.1, 0.15) is 6.04 Å². The van der Waals surface area contributed by atoms with Crippen LogP contribution in [-0.4, -0.2) is 28.4 Å². The molecule has 1 rings (SSSR count). The molecule has 108 valence electrons. The Kier molecular flexibility index (Phi) is 5.11. The fraction of sp³-hybridized carbons (Fsp3) is 0.714. The van der Waals surface area contributed by atoms with Crippen LogP contribution < -0.4 is 5.32 Å². The van der Waals surface area contributed by atoms with Gasteiger partial charge in [-0.05, 0) is 13.8 Å². The summed E-state index contributed by atoms with van der Waals surface area (Å²) in [4.78, 5) is 11.5. The van der Waals surface area contributed by atoms with Gasteiger partial charge in [-0.25, -0.2) is 0 Å². The molecular formula is C14H25N3O2. The number of carbonyl (C=O) groups is 1. The summed E-state index contributed by atoms with van der Waals surface area (Å²) < 4.78 is 6.78. The van der Waals surface area contributed by atoms with Crippen LogP contribution in [0.3, 0.4) is 0 Å². The Morgan fingerprint density at radius 1 is 1.53 bits per heavy atom. The minimum absolute atomic E-state index is 0.00849. The van der Waals surface area contributed by atoms with Gasteiger partial charge in [0.05, 0.1) is 12.3 Å². The van der Waals surface area contributed by atoms with E-state index in [1.165, 1.54) is 0 Å². The molecule has 0 aromatic carbocycles. The summed E-state index contributed by atoms with van der Waals surface area (Å²) in [5.74, 6) is -0.219. The Balaban J connectivity index is 2.70. The van der Waals surface area contributed by atoms with Crippen molar-refractivity contribution in [2.75, 3.05) is 6.61 Å². The molecule has 0 saturated heterocycles. The third-order valence-corrected chi connectivity index (χ3v) is 2.85. The van der Waals surface area contributed by atoms with Gasteiger partial charge in [0.15, 0.2) is 0 Å². The quantitative estimate of drug-likeness (QED) is 0.826. The van der Waals surface area contributed by atoms with Crippen molar-refractivity contribution in [2.45, 2.75) is 52.6 Å². The highest BCUT2D eigenvalue weighted by Crippen LogP contribution is 2.24. The smallest absolute Gasteiger partial charge is 0.322 e. The molecule has 0 fully saturated rings. The van der Waals surface area contributed by atoms with E-state index >= 15 is 0 Å². The number of ether oxygens (including phenoxy) is 1. The summed E-state index contributed by atoms with van der Waals surface area (Å²) in [6.07, 6.45) is 1.99. The molecule has 0 saturated carbocycles. The van der Waals surface area contributed by atoms with E-state index in [4.69, 9.17) is 4.74 Å². The molecule has 1 heterocycles. The molecule has 0 spiro atoms. The molecule has 0 radical (unpaired) electrons. The largest absolute Gasteiger partial charge is 0.465 e. The highest BCUT2D eigenvalue weighted by molar-refractivity contribution is 5.75. The maximum atomic E-state index is 11.5. The van der Waals surface area contributed by atoms with Crippen LogP contribution >= 0.6 is 0 Å². The Morgan fingerprint density at radius 2 is 2.16 bits per heavy atom. The lowest BCUT2D eigenvalue weighted by Crippen LogP contribution is -2.35. The Hall–Kier alpha value is -1.36. The summed E-state index contributed by atoms with van der Waals surface area (Å²) in [6, 6.07) is -0.312. The topological polar surface area (TPSA) is 56.1 Å². The molecule has 0 amide bonds. The van der Waals surface area contributed by atoms with Crippen molar-refractivity contribution >= 4 is 5.97 Å². The molecule has 1 atom stereocenters. The number of nitrogens with one attached hydrogen (secondary N) is 1. The van der Waals surface area contributed by atoms with Gasteiger partial charge in [0.2, 0.25) is 0 Å². The van der Waals surface area contributed by atoms with Crippen LogP contribution in [-0.2, 0) is 28.5 Å². The SMILES string of the molecule is CCOC(=O)C(C)NCc1cn(C)nc1C(C)(C)C. The maximum Gasteiger partial charge on any atom is 0.322 e. The zero-order valence-electron chi connectivity index (χ0n) is 12.8. The number of rotatable bonds is 5. The predicted octanol–water partition coefficient (Wildman–Crippen LogP) is 1.76. The second kappa shape index (κ2) is 6.19. The fourth-order valence-electron chi connectivity index (χ4n) is 1.91. The fourth-order valence-corrected chi connectivity index (χ4v) is 1.91. The van der Waals surface area contributed by atoms with E-state index < -0.39 is 0 Å². The Morgan fingerprint density at radius 3 is 2.68 bits per heavy atom. The summed E-state index contributed by atoms with van der Waals surface area (Å²) >= 11 is 0. The third kappa shape index (κ3) is 4.35. The van der Waals surface area contributed by atoms with Crippen LogP contribution in [0.15, 0.2) is 6.20 Å². The number of nitrogens with zero attached hydrogens (tertiary/aromatic N) is 2. The van der Waals surface area contributed by atoms with Crippen molar-refractivity contribution < 1.29 is 9.53 Å². The van der Waals surface area contributed by atoms with Crippen LogP contribution in [0, 0.1) is 0 Å². The van der Waals surface area contributed by atoms with E-state index in [1.807, 2.05) is 31.8 Å². The van der Waals surface area contributed by atoms with E-state index in [0.29, 0.717) is 13.2 Å². The summed E-state index contributed by atoms with van der Waals surface area (Å²) in [7, 11) is 1.91. The molecule has 0 aliphatic heterocycles. The summed E-state index contributed by atoms with van der Waals surface area (Å²) in [5, 5.41) is 7.68. The van der Waals surface area contributed by atoms with Crippen LogP contribution in [0.5, 0.6) is 0 Å². The minimum Gasteiger partial charge on any atom is -0.465 e. The standard InChI is InChI=1S/C14H25N3O2/c1-7-19-13(18)10(2)15-8-11-9-17(6)16-12(11)14(3,4)5/h9-10,15H,7-8H2,1-6H3. The normalized spacial score (nSPS) is 13.4. The lowest BCUT2D eigenvalue weighted by molar-refractivity contribution is -0.145. The summed E-state index contributed by atoms with van der Waals surface area (Å²) in [5.41, 5.74) is 2.16. The molecule has 0 aliphatic rings. The maximum absolute atomic E-state index is 11.5. The highest BCUT2D eigenvalue weighted by atomic mass is 16.5. The van der Waals surface area contributed by atoms with Crippen molar-refractivity contribution in [1.29, 1.82) is 0 Å². The van der Waals surface area contributed by atoms with E-state index in [2.05, 4.69) is 31.2 Å². The van der Waals surface area contributed by atoms with E-state index in [0.717, 1.165) is 11.3 Å². The first kappa shape index (κ1) is 15.7. The number of aryl methyl sites for hydroxylation is 1. The summed E-state index contributed by atoms with van der Waals surface area (Å²) in [6.45, 7) is 11.0. The number of esters is 1. The Labute approximate surface area is 115 Å². The lowest BCUT2D eigenvalue weighted by atomic mass is 9.89. The van der Waals surface area contributed by atoms with E-state index in [9.17, 15) is 4.79 Å². The van der Waals surface area contributed by atoms with Crippen molar-refractivity contribution in [3.63, 3.8) is 0 Å². The van der Waals surface area contributed by atoms with Gasteiger partial charge in [-0.2, -0.15) is 5.10 Å². The van der Waals surface area contributed by atoms with Crippen LogP contribution in [0.1, 0.15) is 45.9 Å². The average Bonchev–Trinajstić information content (AvgIpc) is 2.67. The van der Waals surface area contributed by atoms with Gasteiger partial charge >= 0.3 is 5.97 Å². The van der Waals surface area contributed by atoms with Crippen molar-refractivity contribution in [3.05, 3.63) is 17.5 Å². The molecule has 0 aliphatic carbocycles. The third-order valence-electron chi connectivity index (χ3n) is 2.85. The van der Waals surface area contributed by atoms with Crippen molar-refractivity contribution in [1.82, 2.24) is 15.1 Å². The number of aromatic nitrogens is 2. The molecule has 19 heavy (non-hydrogen) atoms.